The standard InChI is InChI=1S/C10H18N4O2S/c1-14-4-2-9(13-14)10(12-11)6-8-3-5-17(15,16)7-8/h2,4,8,10,12H,3,5-7,11H2,1H3. The van der Waals surface area contributed by atoms with E-state index in [-0.39, 0.29) is 17.7 Å². The Bertz CT molecular complexity index is 482. The molecule has 1 fully saturated rings. The van der Waals surface area contributed by atoms with Gasteiger partial charge in [0.2, 0.25) is 0 Å². The zero-order valence-electron chi connectivity index (χ0n) is 9.83. The molecule has 1 aliphatic rings. The highest BCUT2D eigenvalue weighted by atomic mass is 32.2. The summed E-state index contributed by atoms with van der Waals surface area (Å²) in [7, 11) is -0.976. The molecule has 0 saturated carbocycles. The van der Waals surface area contributed by atoms with E-state index in [0.717, 1.165) is 12.1 Å². The molecule has 0 aliphatic carbocycles. The normalized spacial score (nSPS) is 24.9. The van der Waals surface area contributed by atoms with Crippen molar-refractivity contribution in [2.75, 3.05) is 11.5 Å². The number of rotatable bonds is 4. The fraction of sp³-hybridized carbons (Fsp3) is 0.700. The van der Waals surface area contributed by atoms with E-state index >= 15 is 0 Å². The smallest absolute Gasteiger partial charge is 0.150 e. The molecule has 2 unspecified atom stereocenters. The fourth-order valence-corrected chi connectivity index (χ4v) is 4.16. The SMILES string of the molecule is Cn1ccc(C(CC2CCS(=O)(=O)C2)NN)n1. The first-order valence-corrected chi connectivity index (χ1v) is 7.48. The van der Waals surface area contributed by atoms with Crippen molar-refractivity contribution in [2.24, 2.45) is 18.8 Å². The van der Waals surface area contributed by atoms with Gasteiger partial charge < -0.3 is 0 Å². The summed E-state index contributed by atoms with van der Waals surface area (Å²) in [5, 5.41) is 4.28. The summed E-state index contributed by atoms with van der Waals surface area (Å²) in [5.74, 6) is 6.27. The molecular formula is C10H18N4O2S. The van der Waals surface area contributed by atoms with Crippen molar-refractivity contribution < 1.29 is 8.42 Å². The lowest BCUT2D eigenvalue weighted by Crippen LogP contribution is -2.30. The van der Waals surface area contributed by atoms with Gasteiger partial charge in [-0.05, 0) is 24.8 Å². The Morgan fingerprint density at radius 2 is 2.47 bits per heavy atom. The molecule has 3 N–H and O–H groups in total. The van der Waals surface area contributed by atoms with Crippen molar-refractivity contribution in [3.8, 4) is 0 Å². The Morgan fingerprint density at radius 3 is 2.94 bits per heavy atom. The van der Waals surface area contributed by atoms with Gasteiger partial charge in [0.15, 0.2) is 9.84 Å². The second-order valence-electron chi connectivity index (χ2n) is 4.64. The minimum atomic E-state index is -2.82. The molecule has 17 heavy (non-hydrogen) atoms. The summed E-state index contributed by atoms with van der Waals surface area (Å²) >= 11 is 0. The lowest BCUT2D eigenvalue weighted by atomic mass is 9.98. The Hall–Kier alpha value is -0.920. The highest BCUT2D eigenvalue weighted by molar-refractivity contribution is 7.91. The van der Waals surface area contributed by atoms with E-state index in [1.54, 1.807) is 4.68 Å². The van der Waals surface area contributed by atoms with E-state index < -0.39 is 9.84 Å². The van der Waals surface area contributed by atoms with Crippen molar-refractivity contribution in [1.82, 2.24) is 15.2 Å². The first-order chi connectivity index (χ1) is 8.00. The summed E-state index contributed by atoms with van der Waals surface area (Å²) in [6.07, 6.45) is 3.30. The highest BCUT2D eigenvalue weighted by Crippen LogP contribution is 2.27. The van der Waals surface area contributed by atoms with E-state index in [9.17, 15) is 8.42 Å². The van der Waals surface area contributed by atoms with Crippen molar-refractivity contribution in [3.05, 3.63) is 18.0 Å². The predicted octanol–water partition coefficient (Wildman–Crippen LogP) is -0.251. The Morgan fingerprint density at radius 1 is 1.71 bits per heavy atom. The van der Waals surface area contributed by atoms with Crippen LogP contribution in [0.25, 0.3) is 0 Å². The van der Waals surface area contributed by atoms with Crippen LogP contribution in [-0.2, 0) is 16.9 Å². The number of nitrogens with two attached hydrogens (primary N) is 1. The monoisotopic (exact) mass is 258 g/mol. The van der Waals surface area contributed by atoms with Gasteiger partial charge in [0.1, 0.15) is 0 Å². The number of aryl methyl sites for hydroxylation is 1. The van der Waals surface area contributed by atoms with Crippen molar-refractivity contribution >= 4 is 9.84 Å². The van der Waals surface area contributed by atoms with Crippen LogP contribution < -0.4 is 11.3 Å². The second-order valence-corrected chi connectivity index (χ2v) is 6.87. The molecule has 0 bridgehead atoms. The Balaban J connectivity index is 2.01. The molecule has 0 amide bonds. The molecule has 0 aromatic carbocycles. The molecule has 2 rings (SSSR count). The van der Waals surface area contributed by atoms with Gasteiger partial charge >= 0.3 is 0 Å². The molecule has 2 atom stereocenters. The van der Waals surface area contributed by atoms with Crippen LogP contribution in [0.4, 0.5) is 0 Å². The molecular weight excluding hydrogens is 240 g/mol. The predicted molar refractivity (Wildman–Crippen MR) is 64.6 cm³/mol. The summed E-state index contributed by atoms with van der Waals surface area (Å²) in [6.45, 7) is 0. The van der Waals surface area contributed by atoms with Crippen LogP contribution in [0.15, 0.2) is 12.3 Å². The zero-order valence-corrected chi connectivity index (χ0v) is 10.7. The molecule has 7 heteroatoms. The Kier molecular flexibility index (Phi) is 3.50. The largest absolute Gasteiger partial charge is 0.275 e. The van der Waals surface area contributed by atoms with Crippen molar-refractivity contribution in [3.63, 3.8) is 0 Å². The maximum absolute atomic E-state index is 11.4. The first kappa shape index (κ1) is 12.5. The highest BCUT2D eigenvalue weighted by Gasteiger charge is 2.30. The number of hydrogen-bond acceptors (Lipinski definition) is 5. The molecule has 1 aliphatic heterocycles. The van der Waals surface area contributed by atoms with Crippen LogP contribution in [0.2, 0.25) is 0 Å². The number of nitrogens with one attached hydrogen (secondary N) is 1. The molecule has 2 heterocycles. The van der Waals surface area contributed by atoms with E-state index in [2.05, 4.69) is 10.5 Å². The molecule has 6 nitrogen and oxygen atoms in total. The van der Waals surface area contributed by atoms with Gasteiger partial charge in [-0.1, -0.05) is 0 Å². The van der Waals surface area contributed by atoms with Crippen LogP contribution in [0, 0.1) is 5.92 Å². The average Bonchev–Trinajstić information content (AvgIpc) is 2.81. The first-order valence-electron chi connectivity index (χ1n) is 5.66. The number of aromatic nitrogens is 2. The van der Waals surface area contributed by atoms with Crippen LogP contribution in [-0.4, -0.2) is 29.7 Å². The average molecular weight is 258 g/mol. The Labute approximate surface area is 101 Å². The maximum Gasteiger partial charge on any atom is 0.150 e. The summed E-state index contributed by atoms with van der Waals surface area (Å²) in [5.41, 5.74) is 3.58. The zero-order chi connectivity index (χ0) is 12.5. The lowest BCUT2D eigenvalue weighted by molar-refractivity contribution is 0.412. The van der Waals surface area contributed by atoms with Gasteiger partial charge in [0, 0.05) is 13.2 Å². The van der Waals surface area contributed by atoms with E-state index in [1.807, 2.05) is 19.3 Å². The summed E-state index contributed by atoms with van der Waals surface area (Å²) in [6, 6.07) is 1.82. The van der Waals surface area contributed by atoms with Gasteiger partial charge in [0.25, 0.3) is 0 Å². The van der Waals surface area contributed by atoms with Crippen LogP contribution in [0.3, 0.4) is 0 Å². The molecule has 0 radical (unpaired) electrons. The molecule has 96 valence electrons. The van der Waals surface area contributed by atoms with E-state index in [4.69, 9.17) is 5.84 Å². The minimum absolute atomic E-state index is 0.0745. The maximum atomic E-state index is 11.4. The van der Waals surface area contributed by atoms with E-state index in [0.29, 0.717) is 12.2 Å². The minimum Gasteiger partial charge on any atom is -0.275 e. The van der Waals surface area contributed by atoms with E-state index in [1.165, 1.54) is 0 Å². The lowest BCUT2D eigenvalue weighted by Gasteiger charge is -2.16. The second kappa shape index (κ2) is 4.75. The number of sulfone groups is 1. The van der Waals surface area contributed by atoms with Gasteiger partial charge in [-0.3, -0.25) is 16.0 Å². The third kappa shape index (κ3) is 3.05. The van der Waals surface area contributed by atoms with Gasteiger partial charge in [0.05, 0.1) is 23.2 Å². The van der Waals surface area contributed by atoms with Crippen LogP contribution in [0.1, 0.15) is 24.6 Å². The topological polar surface area (TPSA) is 90.0 Å². The number of hydrazine groups is 1. The number of nitrogens with zero attached hydrogens (tertiary/aromatic N) is 2. The van der Waals surface area contributed by atoms with Crippen LogP contribution in [0.5, 0.6) is 0 Å². The third-order valence-corrected chi connectivity index (χ3v) is 5.03. The fourth-order valence-electron chi connectivity index (χ4n) is 2.28. The van der Waals surface area contributed by atoms with Crippen LogP contribution >= 0.6 is 0 Å². The van der Waals surface area contributed by atoms with Gasteiger partial charge in [-0.2, -0.15) is 5.10 Å². The van der Waals surface area contributed by atoms with Crippen molar-refractivity contribution in [2.45, 2.75) is 18.9 Å². The molecule has 1 saturated heterocycles. The quantitative estimate of drug-likeness (QED) is 0.574. The van der Waals surface area contributed by atoms with Gasteiger partial charge in [-0.25, -0.2) is 8.42 Å². The third-order valence-electron chi connectivity index (χ3n) is 3.19. The molecule has 0 spiro atoms. The molecule has 1 aromatic heterocycles. The van der Waals surface area contributed by atoms with Gasteiger partial charge in [-0.15, -0.1) is 0 Å². The number of hydrogen-bond donors (Lipinski definition) is 2. The van der Waals surface area contributed by atoms with Crippen molar-refractivity contribution in [1.29, 1.82) is 0 Å². The summed E-state index contributed by atoms with van der Waals surface area (Å²) in [4.78, 5) is 0. The molecule has 1 aromatic rings. The summed E-state index contributed by atoms with van der Waals surface area (Å²) < 4.78 is 24.5.